The molecular weight excluding hydrogens is 337 g/mol. The Kier molecular flexibility index (Phi) is 3.59. The Balaban J connectivity index is 2.42. The molecule has 120 valence electrons. The number of alkyl halides is 3. The smallest absolute Gasteiger partial charge is 0.452 e. The summed E-state index contributed by atoms with van der Waals surface area (Å²) in [4.78, 5) is 15.9. The molecule has 0 aliphatic rings. The maximum Gasteiger partial charge on any atom is 0.452 e. The molecule has 23 heavy (non-hydrogen) atoms. The number of para-hydroxylation sites is 1. The van der Waals surface area contributed by atoms with Crippen LogP contribution in [0, 0.1) is 0 Å². The number of hydrogen-bond acceptors (Lipinski definition) is 5. The Morgan fingerprint density at radius 3 is 2.74 bits per heavy atom. The largest absolute Gasteiger partial charge is 0.462 e. The second-order valence-electron chi connectivity index (χ2n) is 4.48. The number of fused-ring (bicyclic) bond motifs is 3. The predicted octanol–water partition coefficient (Wildman–Crippen LogP) is 3.13. The Labute approximate surface area is 131 Å². The molecule has 2 heterocycles. The van der Waals surface area contributed by atoms with Crippen LogP contribution >= 0.6 is 11.6 Å². The quantitative estimate of drug-likeness (QED) is 0.668. The van der Waals surface area contributed by atoms with Gasteiger partial charge in [-0.15, -0.1) is 10.2 Å². The van der Waals surface area contributed by atoms with Crippen LogP contribution in [-0.2, 0) is 10.9 Å². The molecule has 0 bridgehead atoms. The highest BCUT2D eigenvalue weighted by atomic mass is 35.5. The molecule has 1 aromatic carbocycles. The highest BCUT2D eigenvalue weighted by Crippen LogP contribution is 2.32. The van der Waals surface area contributed by atoms with Gasteiger partial charge in [-0.25, -0.2) is 9.78 Å². The lowest BCUT2D eigenvalue weighted by Crippen LogP contribution is -2.13. The molecule has 0 spiro atoms. The first-order chi connectivity index (χ1) is 10.8. The monoisotopic (exact) mass is 344 g/mol. The lowest BCUT2D eigenvalue weighted by molar-refractivity contribution is -0.145. The Bertz CT molecular complexity index is 923. The number of halogens is 4. The van der Waals surface area contributed by atoms with Crippen molar-refractivity contribution in [1.82, 2.24) is 19.6 Å². The molecule has 6 nitrogen and oxygen atoms in total. The van der Waals surface area contributed by atoms with E-state index < -0.39 is 18.0 Å². The molecule has 0 fully saturated rings. The maximum absolute atomic E-state index is 13.1. The minimum atomic E-state index is -4.74. The molecular formula is C13H8ClF3N4O2. The lowest BCUT2D eigenvalue weighted by atomic mass is 10.1. The minimum Gasteiger partial charge on any atom is -0.462 e. The first-order valence-corrected chi connectivity index (χ1v) is 6.80. The van der Waals surface area contributed by atoms with Gasteiger partial charge in [-0.2, -0.15) is 13.2 Å². The number of hydrogen-bond donors (Lipinski definition) is 0. The standard InChI is InChI=1S/C13H8ClF3N4O2/c1-2-23-11(22)6-4-3-5-7-8(6)18-9(14)10-19-20-12(21(7)10)13(15,16)17/h3-5H,2H2,1H3. The summed E-state index contributed by atoms with van der Waals surface area (Å²) in [7, 11) is 0. The fourth-order valence-corrected chi connectivity index (χ4v) is 2.39. The van der Waals surface area contributed by atoms with Gasteiger partial charge in [-0.1, -0.05) is 17.7 Å². The van der Waals surface area contributed by atoms with Crippen molar-refractivity contribution in [3.8, 4) is 0 Å². The number of rotatable bonds is 2. The SMILES string of the molecule is CCOC(=O)c1cccc2c1nc(Cl)c1nnc(C(F)(F)F)n12. The topological polar surface area (TPSA) is 69.4 Å². The zero-order valence-electron chi connectivity index (χ0n) is 11.6. The van der Waals surface area contributed by atoms with Gasteiger partial charge < -0.3 is 4.74 Å². The third-order valence-corrected chi connectivity index (χ3v) is 3.32. The van der Waals surface area contributed by atoms with Crippen LogP contribution < -0.4 is 0 Å². The van der Waals surface area contributed by atoms with Crippen molar-refractivity contribution < 1.29 is 22.7 Å². The van der Waals surface area contributed by atoms with Crippen molar-refractivity contribution in [3.05, 3.63) is 34.7 Å². The molecule has 10 heteroatoms. The number of carbonyl (C=O) groups is 1. The van der Waals surface area contributed by atoms with Gasteiger partial charge in [0.1, 0.15) is 5.52 Å². The molecule has 0 saturated carbocycles. The average Bonchev–Trinajstić information content (AvgIpc) is 2.93. The fraction of sp³-hybridized carbons (Fsp3) is 0.231. The van der Waals surface area contributed by atoms with Crippen molar-refractivity contribution in [3.63, 3.8) is 0 Å². The molecule has 0 amide bonds. The zero-order valence-corrected chi connectivity index (χ0v) is 12.3. The number of benzene rings is 1. The summed E-state index contributed by atoms with van der Waals surface area (Å²) in [6.07, 6.45) is -4.74. The summed E-state index contributed by atoms with van der Waals surface area (Å²) < 4.78 is 44.9. The van der Waals surface area contributed by atoms with Crippen LogP contribution in [0.15, 0.2) is 18.2 Å². The molecule has 0 N–H and O–H groups in total. The van der Waals surface area contributed by atoms with Gasteiger partial charge >= 0.3 is 12.1 Å². The molecule has 0 aliphatic carbocycles. The van der Waals surface area contributed by atoms with E-state index in [1.807, 2.05) is 0 Å². The molecule has 2 aromatic heterocycles. The number of esters is 1. The second kappa shape index (κ2) is 5.34. The Hall–Kier alpha value is -2.42. The molecule has 0 saturated heterocycles. The summed E-state index contributed by atoms with van der Waals surface area (Å²) in [6.45, 7) is 1.73. The summed E-state index contributed by atoms with van der Waals surface area (Å²) in [5.74, 6) is -1.95. The highest BCUT2D eigenvalue weighted by Gasteiger charge is 2.38. The molecule has 0 aliphatic heterocycles. The third-order valence-electron chi connectivity index (χ3n) is 3.06. The average molecular weight is 345 g/mol. The lowest BCUT2D eigenvalue weighted by Gasteiger charge is -2.10. The van der Waals surface area contributed by atoms with Crippen LogP contribution in [0.3, 0.4) is 0 Å². The van der Waals surface area contributed by atoms with E-state index in [1.165, 1.54) is 18.2 Å². The van der Waals surface area contributed by atoms with Gasteiger partial charge in [0.25, 0.3) is 0 Å². The van der Waals surface area contributed by atoms with Crippen LogP contribution in [0.25, 0.3) is 16.7 Å². The van der Waals surface area contributed by atoms with E-state index in [4.69, 9.17) is 16.3 Å². The van der Waals surface area contributed by atoms with Crippen molar-refractivity contribution >= 4 is 34.3 Å². The summed E-state index contributed by atoms with van der Waals surface area (Å²) >= 11 is 5.90. The first kappa shape index (κ1) is 15.5. The van der Waals surface area contributed by atoms with E-state index in [-0.39, 0.29) is 34.0 Å². The number of aromatic nitrogens is 4. The number of nitrogens with zero attached hydrogens (tertiary/aromatic N) is 4. The number of carbonyl (C=O) groups excluding carboxylic acids is 1. The van der Waals surface area contributed by atoms with Gasteiger partial charge in [-0.05, 0) is 19.1 Å². The summed E-state index contributed by atoms with van der Waals surface area (Å²) in [5, 5.41) is 6.27. The molecule has 3 rings (SSSR count). The van der Waals surface area contributed by atoms with E-state index in [0.717, 1.165) is 4.40 Å². The van der Waals surface area contributed by atoms with Crippen LogP contribution in [0.4, 0.5) is 13.2 Å². The highest BCUT2D eigenvalue weighted by molar-refractivity contribution is 6.32. The van der Waals surface area contributed by atoms with Crippen molar-refractivity contribution in [2.75, 3.05) is 6.61 Å². The Morgan fingerprint density at radius 1 is 1.35 bits per heavy atom. The van der Waals surface area contributed by atoms with Gasteiger partial charge in [-0.3, -0.25) is 4.40 Å². The van der Waals surface area contributed by atoms with Crippen molar-refractivity contribution in [1.29, 1.82) is 0 Å². The van der Waals surface area contributed by atoms with Crippen LogP contribution in [0.1, 0.15) is 23.1 Å². The van der Waals surface area contributed by atoms with Crippen LogP contribution in [-0.4, -0.2) is 32.2 Å². The van der Waals surface area contributed by atoms with Gasteiger partial charge in [0.2, 0.25) is 5.82 Å². The molecule has 0 atom stereocenters. The normalized spacial score (nSPS) is 12.0. The van der Waals surface area contributed by atoms with E-state index in [9.17, 15) is 18.0 Å². The maximum atomic E-state index is 13.1. The Morgan fingerprint density at radius 2 is 2.09 bits per heavy atom. The van der Waals surface area contributed by atoms with E-state index in [2.05, 4.69) is 15.2 Å². The van der Waals surface area contributed by atoms with Gasteiger partial charge in [0, 0.05) is 0 Å². The van der Waals surface area contributed by atoms with Crippen molar-refractivity contribution in [2.45, 2.75) is 13.1 Å². The van der Waals surface area contributed by atoms with E-state index in [0.29, 0.717) is 0 Å². The molecule has 0 radical (unpaired) electrons. The van der Waals surface area contributed by atoms with Crippen molar-refractivity contribution in [2.24, 2.45) is 0 Å². The summed E-state index contributed by atoms with van der Waals surface area (Å²) in [6, 6.07) is 4.18. The van der Waals surface area contributed by atoms with Gasteiger partial charge in [0.15, 0.2) is 10.8 Å². The van der Waals surface area contributed by atoms with Gasteiger partial charge in [0.05, 0.1) is 17.7 Å². The van der Waals surface area contributed by atoms with Crippen LogP contribution in [0.5, 0.6) is 0 Å². The van der Waals surface area contributed by atoms with E-state index >= 15 is 0 Å². The number of ether oxygens (including phenoxy) is 1. The van der Waals surface area contributed by atoms with Crippen LogP contribution in [0.2, 0.25) is 5.15 Å². The summed E-state index contributed by atoms with van der Waals surface area (Å²) in [5.41, 5.74) is -0.247. The molecule has 0 unspecified atom stereocenters. The fourth-order valence-electron chi connectivity index (χ4n) is 2.18. The zero-order chi connectivity index (χ0) is 16.8. The van der Waals surface area contributed by atoms with E-state index in [1.54, 1.807) is 6.92 Å². The second-order valence-corrected chi connectivity index (χ2v) is 4.83. The predicted molar refractivity (Wildman–Crippen MR) is 74.3 cm³/mol. The first-order valence-electron chi connectivity index (χ1n) is 6.42. The third kappa shape index (κ3) is 2.46. The molecule has 3 aromatic rings. The minimum absolute atomic E-state index is 0.00674.